The maximum Gasteiger partial charge on any atom is 0.343 e. The van der Waals surface area contributed by atoms with Crippen molar-refractivity contribution in [2.24, 2.45) is 0 Å². The lowest BCUT2D eigenvalue weighted by Gasteiger charge is -2.32. The summed E-state index contributed by atoms with van der Waals surface area (Å²) in [7, 11) is 1.34. The summed E-state index contributed by atoms with van der Waals surface area (Å²) in [4.78, 5) is 24.9. The third-order valence-electron chi connectivity index (χ3n) is 4.93. The molecule has 0 aromatic carbocycles. The fourth-order valence-electron chi connectivity index (χ4n) is 4.05. The molecule has 2 aliphatic carbocycles. The number of pyridine rings is 2. The Labute approximate surface area is 122 Å². The summed E-state index contributed by atoms with van der Waals surface area (Å²) in [5.74, 6) is -0.0278. The Kier molecular flexibility index (Phi) is 2.67. The van der Waals surface area contributed by atoms with Crippen LogP contribution in [0.1, 0.15) is 52.2 Å². The predicted molar refractivity (Wildman–Crippen MR) is 79.0 cm³/mol. The molecule has 2 aliphatic rings. The average molecular weight is 283 g/mol. The molecule has 4 rings (SSSR count). The highest BCUT2D eigenvalue weighted by molar-refractivity contribution is 5.92. The summed E-state index contributed by atoms with van der Waals surface area (Å²) in [6, 6.07) is 3.98. The molecular weight excluding hydrogens is 266 g/mol. The molecule has 0 aliphatic heterocycles. The highest BCUT2D eigenvalue weighted by Gasteiger charge is 2.33. The predicted octanol–water partition coefficient (Wildman–Crippen LogP) is 2.45. The second kappa shape index (κ2) is 4.45. The second-order valence-corrected chi connectivity index (χ2v) is 5.94. The lowest BCUT2D eigenvalue weighted by atomic mass is 9.74. The minimum atomic E-state index is -0.503. The van der Waals surface area contributed by atoms with Gasteiger partial charge in [0.1, 0.15) is 5.56 Å². The quantitative estimate of drug-likeness (QED) is 0.755. The summed E-state index contributed by atoms with van der Waals surface area (Å²) < 4.78 is 6.51. The Morgan fingerprint density at radius 1 is 1.33 bits per heavy atom. The van der Waals surface area contributed by atoms with Crippen molar-refractivity contribution in [3.63, 3.8) is 0 Å². The number of esters is 1. The van der Waals surface area contributed by atoms with E-state index in [1.54, 1.807) is 10.6 Å². The molecule has 0 saturated carbocycles. The topological polar surface area (TPSA) is 47.8 Å². The minimum Gasteiger partial charge on any atom is -0.465 e. The first kappa shape index (κ1) is 12.6. The highest BCUT2D eigenvalue weighted by Crippen LogP contribution is 2.42. The zero-order chi connectivity index (χ0) is 14.6. The van der Waals surface area contributed by atoms with Gasteiger partial charge in [0, 0.05) is 6.20 Å². The summed E-state index contributed by atoms with van der Waals surface area (Å²) in [6.45, 7) is 0. The Morgan fingerprint density at radius 3 is 3.00 bits per heavy atom. The standard InChI is InChI=1S/C17H17NO3/c1-21-17(20)14-12-6-2-4-10-7-8-11-5-3-9-18(16(14)19)15(11)13(10)12/h3,5,9-10H,2,4,6-8H2,1H3/t10-/m1/s1. The number of hydrogen-bond acceptors (Lipinski definition) is 3. The largest absolute Gasteiger partial charge is 0.465 e. The van der Waals surface area contributed by atoms with Gasteiger partial charge in [0.25, 0.3) is 5.56 Å². The first-order chi connectivity index (χ1) is 10.2. The Morgan fingerprint density at radius 2 is 2.19 bits per heavy atom. The fraction of sp³-hybridized carbons (Fsp3) is 0.412. The van der Waals surface area contributed by atoms with Gasteiger partial charge in [-0.1, -0.05) is 6.07 Å². The maximum atomic E-state index is 12.7. The van der Waals surface area contributed by atoms with Crippen molar-refractivity contribution in [1.29, 1.82) is 0 Å². The number of carbonyl (C=O) groups excluding carboxylic acids is 1. The number of aromatic nitrogens is 1. The molecule has 0 saturated heterocycles. The average Bonchev–Trinajstić information content (AvgIpc) is 2.53. The SMILES string of the molecule is COC(=O)c1c2c3c4c(cccn4c1=O)CC[C@H]3CCC2. The number of carbonyl (C=O) groups is 1. The van der Waals surface area contributed by atoms with Crippen LogP contribution in [0.2, 0.25) is 0 Å². The number of ether oxygens (including phenoxy) is 1. The molecule has 0 unspecified atom stereocenters. The molecule has 108 valence electrons. The molecule has 21 heavy (non-hydrogen) atoms. The van der Waals surface area contributed by atoms with E-state index in [1.165, 1.54) is 18.2 Å². The summed E-state index contributed by atoms with van der Waals surface area (Å²) in [5.41, 5.74) is 4.44. The number of aryl methyl sites for hydroxylation is 1. The van der Waals surface area contributed by atoms with Gasteiger partial charge in [0.05, 0.1) is 12.6 Å². The van der Waals surface area contributed by atoms with Crippen LogP contribution < -0.4 is 5.56 Å². The smallest absolute Gasteiger partial charge is 0.343 e. The van der Waals surface area contributed by atoms with E-state index in [4.69, 9.17) is 4.74 Å². The van der Waals surface area contributed by atoms with Crippen molar-refractivity contribution < 1.29 is 9.53 Å². The Hall–Kier alpha value is -2.10. The van der Waals surface area contributed by atoms with Gasteiger partial charge in [-0.15, -0.1) is 0 Å². The summed E-state index contributed by atoms with van der Waals surface area (Å²) in [6.07, 6.45) is 6.88. The van der Waals surface area contributed by atoms with Crippen LogP contribution in [-0.2, 0) is 17.6 Å². The second-order valence-electron chi connectivity index (χ2n) is 5.94. The lowest BCUT2D eigenvalue weighted by Crippen LogP contribution is -2.31. The molecule has 2 aromatic heterocycles. The molecule has 0 amide bonds. The summed E-state index contributed by atoms with van der Waals surface area (Å²) >= 11 is 0. The van der Waals surface area contributed by atoms with Crippen molar-refractivity contribution in [2.45, 2.75) is 38.0 Å². The van der Waals surface area contributed by atoms with E-state index in [2.05, 4.69) is 6.07 Å². The molecule has 0 bridgehead atoms. The monoisotopic (exact) mass is 283 g/mol. The van der Waals surface area contributed by atoms with Crippen molar-refractivity contribution in [1.82, 2.24) is 4.40 Å². The van der Waals surface area contributed by atoms with Gasteiger partial charge in [-0.05, 0) is 60.8 Å². The number of methoxy groups -OCH3 is 1. The van der Waals surface area contributed by atoms with Crippen LogP contribution in [0.25, 0.3) is 5.52 Å². The fourth-order valence-corrected chi connectivity index (χ4v) is 4.05. The highest BCUT2D eigenvalue weighted by atomic mass is 16.5. The van der Waals surface area contributed by atoms with Gasteiger partial charge < -0.3 is 4.74 Å². The van der Waals surface area contributed by atoms with E-state index in [0.29, 0.717) is 5.92 Å². The van der Waals surface area contributed by atoms with Gasteiger partial charge in [0.15, 0.2) is 0 Å². The number of rotatable bonds is 1. The third kappa shape index (κ3) is 1.62. The van der Waals surface area contributed by atoms with E-state index in [-0.39, 0.29) is 11.1 Å². The molecule has 0 N–H and O–H groups in total. The number of nitrogens with zero attached hydrogens (tertiary/aromatic N) is 1. The molecule has 0 fully saturated rings. The van der Waals surface area contributed by atoms with Crippen molar-refractivity contribution >= 4 is 11.5 Å². The van der Waals surface area contributed by atoms with Crippen molar-refractivity contribution in [3.05, 3.63) is 50.9 Å². The molecule has 4 heteroatoms. The van der Waals surface area contributed by atoms with Crippen LogP contribution in [0.3, 0.4) is 0 Å². The normalized spacial score (nSPS) is 19.6. The van der Waals surface area contributed by atoms with Gasteiger partial charge in [-0.2, -0.15) is 0 Å². The van der Waals surface area contributed by atoms with Crippen LogP contribution in [0.5, 0.6) is 0 Å². The number of hydrogen-bond donors (Lipinski definition) is 0. The van der Waals surface area contributed by atoms with Crippen molar-refractivity contribution in [2.75, 3.05) is 7.11 Å². The molecule has 2 aromatic rings. The Balaban J connectivity index is 2.21. The molecule has 4 nitrogen and oxygen atoms in total. The lowest BCUT2D eigenvalue weighted by molar-refractivity contribution is 0.0596. The summed E-state index contributed by atoms with van der Waals surface area (Å²) in [5, 5.41) is 0. The first-order valence-corrected chi connectivity index (χ1v) is 7.49. The van der Waals surface area contributed by atoms with Crippen LogP contribution >= 0.6 is 0 Å². The van der Waals surface area contributed by atoms with Gasteiger partial charge in [0.2, 0.25) is 0 Å². The van der Waals surface area contributed by atoms with Crippen LogP contribution in [0.4, 0.5) is 0 Å². The van der Waals surface area contributed by atoms with Gasteiger partial charge in [-0.25, -0.2) is 4.79 Å². The molecular formula is C17H17NO3. The molecule has 2 heterocycles. The van der Waals surface area contributed by atoms with Crippen molar-refractivity contribution in [3.8, 4) is 0 Å². The van der Waals surface area contributed by atoms with Crippen LogP contribution in [0, 0.1) is 0 Å². The molecule has 0 radical (unpaired) electrons. The van der Waals surface area contributed by atoms with Crippen LogP contribution in [0.15, 0.2) is 23.1 Å². The van der Waals surface area contributed by atoms with Crippen LogP contribution in [-0.4, -0.2) is 17.5 Å². The van der Waals surface area contributed by atoms with Gasteiger partial charge >= 0.3 is 5.97 Å². The molecule has 0 spiro atoms. The van der Waals surface area contributed by atoms with Gasteiger partial charge in [-0.3, -0.25) is 9.20 Å². The van der Waals surface area contributed by atoms with E-state index in [1.807, 2.05) is 6.07 Å². The van der Waals surface area contributed by atoms with E-state index in [0.717, 1.165) is 43.2 Å². The third-order valence-corrected chi connectivity index (χ3v) is 4.93. The first-order valence-electron chi connectivity index (χ1n) is 7.49. The minimum absolute atomic E-state index is 0.236. The molecule has 1 atom stereocenters. The van der Waals surface area contributed by atoms with E-state index in [9.17, 15) is 9.59 Å². The maximum absolute atomic E-state index is 12.7. The Bertz CT molecular complexity index is 819. The van der Waals surface area contributed by atoms with E-state index >= 15 is 0 Å². The zero-order valence-corrected chi connectivity index (χ0v) is 12.0. The van der Waals surface area contributed by atoms with E-state index < -0.39 is 5.97 Å². The zero-order valence-electron chi connectivity index (χ0n) is 12.0.